The molecule has 4 N–H and O–H groups in total. The smallest absolute Gasteiger partial charge is 0.406 e. The van der Waals surface area contributed by atoms with Crippen molar-refractivity contribution in [3.8, 4) is 28.8 Å². The van der Waals surface area contributed by atoms with Gasteiger partial charge in [0.1, 0.15) is 11.6 Å². The predicted molar refractivity (Wildman–Crippen MR) is 93.2 cm³/mol. The number of aromatic nitrogens is 3. The molecule has 0 bridgehead atoms. The van der Waals surface area contributed by atoms with E-state index in [-0.39, 0.29) is 23.0 Å². The molecule has 0 atom stereocenters. The lowest BCUT2D eigenvalue weighted by Gasteiger charge is -2.11. The summed E-state index contributed by atoms with van der Waals surface area (Å²) >= 11 is 0. The minimum atomic E-state index is -4.81. The van der Waals surface area contributed by atoms with Gasteiger partial charge in [-0.15, -0.1) is 13.2 Å². The van der Waals surface area contributed by atoms with Crippen LogP contribution in [0.3, 0.4) is 0 Å². The van der Waals surface area contributed by atoms with Gasteiger partial charge < -0.3 is 16.2 Å². The molecule has 136 valence electrons. The van der Waals surface area contributed by atoms with Crippen LogP contribution in [0, 0.1) is 11.8 Å². The van der Waals surface area contributed by atoms with Crippen LogP contribution in [0.4, 0.5) is 24.9 Å². The second-order valence-electron chi connectivity index (χ2n) is 5.26. The van der Waals surface area contributed by atoms with E-state index in [4.69, 9.17) is 11.5 Å². The number of rotatable bonds is 2. The number of hydrogen-bond acceptors (Lipinski definition) is 6. The fraction of sp³-hybridized carbons (Fsp3) is 0.0556. The highest BCUT2D eigenvalue weighted by atomic mass is 19.4. The summed E-state index contributed by atoms with van der Waals surface area (Å²) in [5.74, 6) is 5.17. The SMILES string of the molecule is Nc1nc(N)c(C#Cc2cccnc2)c(-c2cccc(OC(F)(F)F)c2)n1. The molecule has 3 aromatic rings. The summed E-state index contributed by atoms with van der Waals surface area (Å²) in [5, 5.41) is 0. The second kappa shape index (κ2) is 7.21. The maximum absolute atomic E-state index is 12.5. The number of hydrogen-bond donors (Lipinski definition) is 2. The van der Waals surface area contributed by atoms with E-state index in [0.717, 1.165) is 0 Å². The van der Waals surface area contributed by atoms with Crippen LogP contribution in [0.15, 0.2) is 48.8 Å². The molecular formula is C18H12F3N5O. The minimum absolute atomic E-state index is 0.0102. The number of halogens is 3. The van der Waals surface area contributed by atoms with E-state index in [1.54, 1.807) is 30.6 Å². The Morgan fingerprint density at radius 1 is 1.00 bits per heavy atom. The first kappa shape index (κ1) is 18.0. The molecule has 0 amide bonds. The summed E-state index contributed by atoms with van der Waals surface area (Å²) in [6.45, 7) is 0. The van der Waals surface area contributed by atoms with Crippen LogP contribution in [0.2, 0.25) is 0 Å². The van der Waals surface area contributed by atoms with Crippen molar-refractivity contribution in [2.75, 3.05) is 11.5 Å². The largest absolute Gasteiger partial charge is 0.573 e. The first-order chi connectivity index (χ1) is 12.8. The van der Waals surface area contributed by atoms with E-state index < -0.39 is 12.1 Å². The van der Waals surface area contributed by atoms with Crippen molar-refractivity contribution in [1.82, 2.24) is 15.0 Å². The van der Waals surface area contributed by atoms with Crippen LogP contribution in [-0.2, 0) is 0 Å². The Hall–Kier alpha value is -3.80. The number of nitrogens with two attached hydrogens (primary N) is 2. The summed E-state index contributed by atoms with van der Waals surface area (Å²) in [6.07, 6.45) is -1.66. The summed E-state index contributed by atoms with van der Waals surface area (Å²) in [5.41, 5.74) is 12.9. The maximum Gasteiger partial charge on any atom is 0.573 e. The first-order valence-electron chi connectivity index (χ1n) is 7.53. The molecule has 9 heteroatoms. The standard InChI is InChI=1S/C18H12F3N5O/c19-18(20,21)27-13-5-1-4-12(9-13)15-14(16(22)26-17(23)25-15)7-6-11-3-2-8-24-10-11/h1-5,8-10H,(H4,22,23,25,26). The summed E-state index contributed by atoms with van der Waals surface area (Å²) in [7, 11) is 0. The first-order valence-corrected chi connectivity index (χ1v) is 7.53. The molecule has 0 aliphatic rings. The Kier molecular flexibility index (Phi) is 4.81. The average molecular weight is 371 g/mol. The van der Waals surface area contributed by atoms with Gasteiger partial charge in [-0.3, -0.25) is 4.98 Å². The van der Waals surface area contributed by atoms with Gasteiger partial charge in [-0.1, -0.05) is 24.0 Å². The lowest BCUT2D eigenvalue weighted by atomic mass is 10.1. The summed E-state index contributed by atoms with van der Waals surface area (Å²) in [4.78, 5) is 11.9. The Balaban J connectivity index is 2.08. The molecular weight excluding hydrogens is 359 g/mol. The highest BCUT2D eigenvalue weighted by Gasteiger charge is 2.31. The molecule has 0 saturated carbocycles. The van der Waals surface area contributed by atoms with Crippen molar-refractivity contribution >= 4 is 11.8 Å². The highest BCUT2D eigenvalue weighted by molar-refractivity contribution is 5.75. The average Bonchev–Trinajstić information content (AvgIpc) is 2.60. The third kappa shape index (κ3) is 4.64. The highest BCUT2D eigenvalue weighted by Crippen LogP contribution is 2.30. The molecule has 1 aromatic carbocycles. The third-order valence-electron chi connectivity index (χ3n) is 3.29. The van der Waals surface area contributed by atoms with E-state index >= 15 is 0 Å². The van der Waals surface area contributed by atoms with Gasteiger partial charge in [0.05, 0.1) is 11.3 Å². The topological polar surface area (TPSA) is 99.9 Å². The van der Waals surface area contributed by atoms with Gasteiger partial charge in [-0.05, 0) is 24.3 Å². The van der Waals surface area contributed by atoms with Crippen molar-refractivity contribution in [1.29, 1.82) is 0 Å². The zero-order chi connectivity index (χ0) is 19.4. The zero-order valence-electron chi connectivity index (χ0n) is 13.7. The number of pyridine rings is 1. The van der Waals surface area contributed by atoms with Crippen molar-refractivity contribution < 1.29 is 17.9 Å². The lowest BCUT2D eigenvalue weighted by Crippen LogP contribution is -2.17. The fourth-order valence-electron chi connectivity index (χ4n) is 2.24. The van der Waals surface area contributed by atoms with Crippen molar-refractivity contribution in [3.63, 3.8) is 0 Å². The molecule has 27 heavy (non-hydrogen) atoms. The van der Waals surface area contributed by atoms with Crippen LogP contribution in [0.25, 0.3) is 11.3 Å². The summed E-state index contributed by atoms with van der Waals surface area (Å²) in [6, 6.07) is 8.73. The quantitative estimate of drug-likeness (QED) is 0.672. The molecule has 6 nitrogen and oxygen atoms in total. The fourth-order valence-corrected chi connectivity index (χ4v) is 2.24. The molecule has 0 fully saturated rings. The third-order valence-corrected chi connectivity index (χ3v) is 3.29. The second-order valence-corrected chi connectivity index (χ2v) is 5.26. The molecule has 0 unspecified atom stereocenters. The molecule has 3 rings (SSSR count). The Labute approximate surface area is 152 Å². The van der Waals surface area contributed by atoms with Crippen LogP contribution in [0.5, 0.6) is 5.75 Å². The molecule has 2 heterocycles. The normalized spacial score (nSPS) is 10.8. The molecule has 0 spiro atoms. The number of nitrogens with zero attached hydrogens (tertiary/aromatic N) is 3. The van der Waals surface area contributed by atoms with Crippen molar-refractivity contribution in [2.24, 2.45) is 0 Å². The Bertz CT molecular complexity index is 1030. The molecule has 0 radical (unpaired) electrons. The van der Waals surface area contributed by atoms with Crippen LogP contribution < -0.4 is 16.2 Å². The minimum Gasteiger partial charge on any atom is -0.406 e. The number of anilines is 2. The lowest BCUT2D eigenvalue weighted by molar-refractivity contribution is -0.274. The summed E-state index contributed by atoms with van der Waals surface area (Å²) < 4.78 is 41.4. The van der Waals surface area contributed by atoms with E-state index in [1.165, 1.54) is 18.2 Å². The maximum atomic E-state index is 12.5. The van der Waals surface area contributed by atoms with Crippen molar-refractivity contribution in [2.45, 2.75) is 6.36 Å². The molecule has 0 aliphatic heterocycles. The van der Waals surface area contributed by atoms with Gasteiger partial charge in [-0.25, -0.2) is 4.98 Å². The van der Waals surface area contributed by atoms with E-state index in [9.17, 15) is 13.2 Å². The monoisotopic (exact) mass is 371 g/mol. The van der Waals surface area contributed by atoms with Crippen LogP contribution >= 0.6 is 0 Å². The van der Waals surface area contributed by atoms with Gasteiger partial charge in [0.25, 0.3) is 0 Å². The number of ether oxygens (including phenoxy) is 1. The Morgan fingerprint density at radius 3 is 2.52 bits per heavy atom. The van der Waals surface area contributed by atoms with Crippen molar-refractivity contribution in [3.05, 3.63) is 59.9 Å². The molecule has 0 aliphatic carbocycles. The Morgan fingerprint density at radius 2 is 1.81 bits per heavy atom. The van der Waals surface area contributed by atoms with E-state index in [2.05, 4.69) is 31.5 Å². The van der Waals surface area contributed by atoms with Crippen LogP contribution in [0.1, 0.15) is 11.1 Å². The molecule has 2 aromatic heterocycles. The van der Waals surface area contributed by atoms with Crippen LogP contribution in [-0.4, -0.2) is 21.3 Å². The van der Waals surface area contributed by atoms with Gasteiger partial charge in [0.15, 0.2) is 0 Å². The number of alkyl halides is 3. The zero-order valence-corrected chi connectivity index (χ0v) is 13.7. The van der Waals surface area contributed by atoms with Gasteiger partial charge in [0, 0.05) is 23.5 Å². The van der Waals surface area contributed by atoms with Gasteiger partial charge in [0.2, 0.25) is 5.95 Å². The van der Waals surface area contributed by atoms with E-state index in [0.29, 0.717) is 11.1 Å². The predicted octanol–water partition coefficient (Wildman–Crippen LogP) is 3.00. The number of nitrogen functional groups attached to an aromatic ring is 2. The van der Waals surface area contributed by atoms with E-state index in [1.807, 2.05) is 0 Å². The number of benzene rings is 1. The van der Waals surface area contributed by atoms with Gasteiger partial charge in [-0.2, -0.15) is 4.98 Å². The van der Waals surface area contributed by atoms with Gasteiger partial charge >= 0.3 is 6.36 Å². The molecule has 0 saturated heterocycles.